The predicted octanol–water partition coefficient (Wildman–Crippen LogP) is 3.34. The van der Waals surface area contributed by atoms with Crippen molar-refractivity contribution in [3.63, 3.8) is 0 Å². The number of hydrogen-bond acceptors (Lipinski definition) is 4. The van der Waals surface area contributed by atoms with Crippen LogP contribution in [0.1, 0.15) is 37.3 Å². The molecule has 1 atom stereocenters. The molecule has 2 amide bonds. The van der Waals surface area contributed by atoms with Gasteiger partial charge in [0, 0.05) is 6.54 Å². The molecule has 1 aliphatic carbocycles. The number of nitrogens with one attached hydrogen (secondary N) is 1. The van der Waals surface area contributed by atoms with E-state index in [-0.39, 0.29) is 19.6 Å². The highest BCUT2D eigenvalue weighted by atomic mass is 16.5. The molecule has 0 aliphatic heterocycles. The zero-order chi connectivity index (χ0) is 21.6. The molecule has 7 nitrogen and oxygen atoms in total. The summed E-state index contributed by atoms with van der Waals surface area (Å²) >= 11 is 0. The average molecular weight is 410 g/mol. The van der Waals surface area contributed by atoms with Crippen LogP contribution >= 0.6 is 0 Å². The fourth-order valence-corrected chi connectivity index (χ4v) is 3.38. The molecule has 0 radical (unpaired) electrons. The minimum Gasteiger partial charge on any atom is -0.480 e. The van der Waals surface area contributed by atoms with E-state index < -0.39 is 29.6 Å². The molecule has 2 aromatic carbocycles. The molecule has 1 saturated carbocycles. The molecule has 158 valence electrons. The lowest BCUT2D eigenvalue weighted by atomic mass is 10.1. The second-order valence-corrected chi connectivity index (χ2v) is 7.45. The highest BCUT2D eigenvalue weighted by molar-refractivity contribution is 5.95. The molecule has 30 heavy (non-hydrogen) atoms. The number of alkyl carbamates (subject to hydrolysis) is 1. The van der Waals surface area contributed by atoms with Crippen LogP contribution in [0.4, 0.5) is 4.79 Å². The molecule has 0 heterocycles. The van der Waals surface area contributed by atoms with Gasteiger partial charge in [0.25, 0.3) is 0 Å². The Kier molecular flexibility index (Phi) is 6.72. The Morgan fingerprint density at radius 2 is 1.60 bits per heavy atom. The van der Waals surface area contributed by atoms with Crippen molar-refractivity contribution in [2.75, 3.05) is 0 Å². The van der Waals surface area contributed by atoms with Crippen LogP contribution in [0, 0.1) is 0 Å². The highest BCUT2D eigenvalue weighted by Gasteiger charge is 2.54. The van der Waals surface area contributed by atoms with Gasteiger partial charge >= 0.3 is 12.1 Å². The maximum absolute atomic E-state index is 13.3. The lowest BCUT2D eigenvalue weighted by Crippen LogP contribution is -2.55. The van der Waals surface area contributed by atoms with E-state index in [2.05, 4.69) is 5.32 Å². The fourth-order valence-electron chi connectivity index (χ4n) is 3.38. The summed E-state index contributed by atoms with van der Waals surface area (Å²) in [7, 11) is 0. The van der Waals surface area contributed by atoms with Crippen LogP contribution in [0.2, 0.25) is 0 Å². The number of nitrogens with zero attached hydrogens (tertiary/aromatic N) is 1. The van der Waals surface area contributed by atoms with Crippen molar-refractivity contribution in [1.82, 2.24) is 10.2 Å². The van der Waals surface area contributed by atoms with Crippen molar-refractivity contribution in [3.05, 3.63) is 71.8 Å². The zero-order valence-corrected chi connectivity index (χ0v) is 16.9. The fraction of sp³-hybridized carbons (Fsp3) is 0.348. The smallest absolute Gasteiger partial charge is 0.408 e. The van der Waals surface area contributed by atoms with Crippen LogP contribution in [0.15, 0.2) is 60.7 Å². The van der Waals surface area contributed by atoms with E-state index in [0.29, 0.717) is 12.8 Å². The van der Waals surface area contributed by atoms with Gasteiger partial charge in [-0.25, -0.2) is 9.59 Å². The van der Waals surface area contributed by atoms with Gasteiger partial charge < -0.3 is 20.1 Å². The standard InChI is InChI=1S/C23H26N2O5/c1-2-19(20(26)27)25(15-17-9-5-3-6-10-17)21(28)23(13-14-23)24-22(29)30-16-18-11-7-4-8-12-18/h3-12,19H,2,13-16H2,1H3,(H,24,29)(H,26,27)/t19-/m1/s1. The third-order valence-corrected chi connectivity index (χ3v) is 5.22. The molecular weight excluding hydrogens is 384 g/mol. The van der Waals surface area contributed by atoms with Crippen molar-refractivity contribution in [1.29, 1.82) is 0 Å². The van der Waals surface area contributed by atoms with Crippen LogP contribution in [0.3, 0.4) is 0 Å². The second-order valence-electron chi connectivity index (χ2n) is 7.45. The summed E-state index contributed by atoms with van der Waals surface area (Å²) in [6.45, 7) is 1.98. The first-order chi connectivity index (χ1) is 14.4. The Bertz CT molecular complexity index is 881. The number of ether oxygens (including phenoxy) is 1. The minimum atomic E-state index is -1.11. The van der Waals surface area contributed by atoms with Gasteiger partial charge in [0.15, 0.2) is 0 Å². The molecule has 1 fully saturated rings. The molecule has 1 aliphatic rings. The number of amides is 2. The lowest BCUT2D eigenvalue weighted by Gasteiger charge is -2.32. The van der Waals surface area contributed by atoms with Gasteiger partial charge in [-0.1, -0.05) is 67.6 Å². The molecule has 2 aromatic rings. The summed E-state index contributed by atoms with van der Waals surface area (Å²) in [5.41, 5.74) is 0.560. The van der Waals surface area contributed by atoms with Crippen molar-refractivity contribution in [2.45, 2.75) is 50.9 Å². The molecular formula is C23H26N2O5. The van der Waals surface area contributed by atoms with Gasteiger partial charge in [-0.05, 0) is 30.4 Å². The normalized spacial score (nSPS) is 15.0. The Morgan fingerprint density at radius 1 is 1.03 bits per heavy atom. The van der Waals surface area contributed by atoms with E-state index >= 15 is 0 Å². The van der Waals surface area contributed by atoms with Gasteiger partial charge in [-0.3, -0.25) is 4.79 Å². The summed E-state index contributed by atoms with van der Waals surface area (Å²) in [5.74, 6) is -1.46. The minimum absolute atomic E-state index is 0.0946. The summed E-state index contributed by atoms with van der Waals surface area (Å²) < 4.78 is 5.25. The van der Waals surface area contributed by atoms with E-state index in [4.69, 9.17) is 4.74 Å². The van der Waals surface area contributed by atoms with E-state index in [0.717, 1.165) is 11.1 Å². The van der Waals surface area contributed by atoms with Crippen LogP contribution in [-0.2, 0) is 27.5 Å². The largest absolute Gasteiger partial charge is 0.480 e. The summed E-state index contributed by atoms with van der Waals surface area (Å²) in [5, 5.41) is 12.3. The molecule has 0 saturated heterocycles. The van der Waals surface area contributed by atoms with Crippen molar-refractivity contribution < 1.29 is 24.2 Å². The summed E-state index contributed by atoms with van der Waals surface area (Å²) in [4.78, 5) is 38.8. The van der Waals surface area contributed by atoms with Gasteiger partial charge in [0.2, 0.25) is 5.91 Å². The molecule has 2 N–H and O–H groups in total. The first-order valence-electron chi connectivity index (χ1n) is 10.0. The number of benzene rings is 2. The maximum Gasteiger partial charge on any atom is 0.408 e. The molecule has 0 aromatic heterocycles. The predicted molar refractivity (Wildman–Crippen MR) is 110 cm³/mol. The summed E-state index contributed by atoms with van der Waals surface area (Å²) in [6, 6.07) is 17.5. The highest BCUT2D eigenvalue weighted by Crippen LogP contribution is 2.38. The number of carboxylic acids is 1. The molecule has 3 rings (SSSR count). The van der Waals surface area contributed by atoms with Crippen molar-refractivity contribution in [3.8, 4) is 0 Å². The second kappa shape index (κ2) is 9.43. The number of carbonyl (C=O) groups is 3. The third kappa shape index (κ3) is 5.17. The average Bonchev–Trinajstić information content (AvgIpc) is 3.53. The Hall–Kier alpha value is -3.35. The van der Waals surface area contributed by atoms with E-state index in [1.165, 1.54) is 4.90 Å². The topological polar surface area (TPSA) is 95.9 Å². The van der Waals surface area contributed by atoms with Gasteiger partial charge in [-0.15, -0.1) is 0 Å². The maximum atomic E-state index is 13.3. The van der Waals surface area contributed by atoms with E-state index in [1.54, 1.807) is 6.92 Å². The van der Waals surface area contributed by atoms with Gasteiger partial charge in [0.05, 0.1) is 0 Å². The first-order valence-corrected chi connectivity index (χ1v) is 10.0. The van der Waals surface area contributed by atoms with Crippen LogP contribution in [0.25, 0.3) is 0 Å². The van der Waals surface area contributed by atoms with Crippen molar-refractivity contribution in [2.24, 2.45) is 0 Å². The Labute approximate surface area is 175 Å². The van der Waals surface area contributed by atoms with Crippen LogP contribution in [0.5, 0.6) is 0 Å². The monoisotopic (exact) mass is 410 g/mol. The Morgan fingerprint density at radius 3 is 2.10 bits per heavy atom. The number of rotatable bonds is 9. The molecule has 0 unspecified atom stereocenters. The lowest BCUT2D eigenvalue weighted by molar-refractivity contribution is -0.152. The summed E-state index contributed by atoms with van der Waals surface area (Å²) in [6.07, 6.45) is 0.483. The SMILES string of the molecule is CC[C@H](C(=O)O)N(Cc1ccccc1)C(=O)C1(NC(=O)OCc2ccccc2)CC1. The Balaban J connectivity index is 1.70. The number of hydrogen-bond donors (Lipinski definition) is 2. The van der Waals surface area contributed by atoms with Gasteiger partial charge in [-0.2, -0.15) is 0 Å². The number of aliphatic carboxylic acids is 1. The van der Waals surface area contributed by atoms with E-state index in [9.17, 15) is 19.5 Å². The van der Waals surface area contributed by atoms with Crippen LogP contribution < -0.4 is 5.32 Å². The van der Waals surface area contributed by atoms with E-state index in [1.807, 2.05) is 60.7 Å². The van der Waals surface area contributed by atoms with Crippen molar-refractivity contribution >= 4 is 18.0 Å². The molecule has 7 heteroatoms. The number of carbonyl (C=O) groups excluding carboxylic acids is 2. The quantitative estimate of drug-likeness (QED) is 0.661. The van der Waals surface area contributed by atoms with Gasteiger partial charge in [0.1, 0.15) is 18.2 Å². The molecule has 0 bridgehead atoms. The zero-order valence-electron chi connectivity index (χ0n) is 16.9. The molecule has 0 spiro atoms. The number of carboxylic acid groups (broad SMARTS) is 1. The first kappa shape index (κ1) is 21.4. The third-order valence-electron chi connectivity index (χ3n) is 5.22. The van der Waals surface area contributed by atoms with Crippen LogP contribution in [-0.4, -0.2) is 39.6 Å².